The van der Waals surface area contributed by atoms with Crippen LogP contribution in [0.25, 0.3) is 10.9 Å². The molecular weight excluding hydrogens is 456 g/mol. The van der Waals surface area contributed by atoms with Gasteiger partial charge < -0.3 is 15.0 Å². The minimum absolute atomic E-state index is 0.0411. The molecule has 33 heavy (non-hydrogen) atoms. The lowest BCUT2D eigenvalue weighted by molar-refractivity contribution is -0.325. The number of methoxy groups -OCH3 is 1. The number of ether oxygens (including phenoxy) is 2. The highest BCUT2D eigenvalue weighted by atomic mass is 19.4. The normalized spacial score (nSPS) is 16.7. The highest BCUT2D eigenvalue weighted by molar-refractivity contribution is 6.00. The predicted molar refractivity (Wildman–Crippen MR) is 108 cm³/mol. The van der Waals surface area contributed by atoms with E-state index in [1.165, 1.54) is 26.3 Å². The van der Waals surface area contributed by atoms with Gasteiger partial charge in [0.15, 0.2) is 0 Å². The third-order valence-electron chi connectivity index (χ3n) is 5.41. The summed E-state index contributed by atoms with van der Waals surface area (Å²) in [6.07, 6.45) is -7.84. The van der Waals surface area contributed by atoms with Crippen molar-refractivity contribution in [3.05, 3.63) is 30.0 Å². The van der Waals surface area contributed by atoms with Gasteiger partial charge in [-0.2, -0.15) is 13.2 Å². The molecule has 2 heterocycles. The van der Waals surface area contributed by atoms with E-state index < -0.39 is 37.0 Å². The van der Waals surface area contributed by atoms with Crippen LogP contribution in [0.5, 0.6) is 5.75 Å². The van der Waals surface area contributed by atoms with Gasteiger partial charge in [0.05, 0.1) is 42.4 Å². The Morgan fingerprint density at radius 2 is 1.85 bits per heavy atom. The van der Waals surface area contributed by atoms with E-state index in [9.17, 15) is 31.1 Å². The van der Waals surface area contributed by atoms with Crippen LogP contribution in [-0.4, -0.2) is 56.3 Å². The number of alkyl halides is 6. The van der Waals surface area contributed by atoms with E-state index in [1.807, 2.05) is 0 Å². The molecular formula is C21H23F6N3O3. The first-order chi connectivity index (χ1) is 15.4. The number of benzene rings is 1. The first-order valence-corrected chi connectivity index (χ1v) is 10.2. The number of carbonyl (C=O) groups excluding carboxylic acids is 1. The molecule has 1 saturated heterocycles. The molecule has 1 aromatic carbocycles. The Hall–Kier alpha value is -2.76. The van der Waals surface area contributed by atoms with Crippen molar-refractivity contribution in [3.8, 4) is 5.75 Å². The van der Waals surface area contributed by atoms with Gasteiger partial charge in [-0.1, -0.05) is 0 Å². The number of hydrogen-bond donors (Lipinski definition) is 1. The number of carbonyl (C=O) groups is 1. The van der Waals surface area contributed by atoms with Gasteiger partial charge in [-0.25, -0.2) is 0 Å². The van der Waals surface area contributed by atoms with Gasteiger partial charge in [0.25, 0.3) is 5.91 Å². The fourth-order valence-electron chi connectivity index (χ4n) is 3.70. The van der Waals surface area contributed by atoms with E-state index in [-0.39, 0.29) is 31.5 Å². The van der Waals surface area contributed by atoms with E-state index >= 15 is 0 Å². The van der Waals surface area contributed by atoms with Gasteiger partial charge in [-0.3, -0.25) is 14.5 Å². The van der Waals surface area contributed by atoms with Crippen molar-refractivity contribution in [3.63, 3.8) is 0 Å². The van der Waals surface area contributed by atoms with Crippen molar-refractivity contribution in [2.45, 2.75) is 38.3 Å². The maximum atomic E-state index is 13.0. The zero-order valence-electron chi connectivity index (χ0n) is 17.9. The van der Waals surface area contributed by atoms with Crippen LogP contribution in [0.3, 0.4) is 0 Å². The van der Waals surface area contributed by atoms with Gasteiger partial charge in [0.2, 0.25) is 0 Å². The van der Waals surface area contributed by atoms with Crippen LogP contribution in [0.2, 0.25) is 0 Å². The van der Waals surface area contributed by atoms with Crippen molar-refractivity contribution >= 4 is 22.5 Å². The van der Waals surface area contributed by atoms with Crippen molar-refractivity contribution in [1.29, 1.82) is 0 Å². The second kappa shape index (κ2) is 9.62. The fraction of sp³-hybridized carbons (Fsp3) is 0.524. The van der Waals surface area contributed by atoms with Crippen molar-refractivity contribution < 1.29 is 40.6 Å². The lowest BCUT2D eigenvalue weighted by Crippen LogP contribution is -2.39. The Balaban J connectivity index is 1.80. The fourth-order valence-corrected chi connectivity index (χ4v) is 3.70. The lowest BCUT2D eigenvalue weighted by Gasteiger charge is -2.34. The molecule has 1 N–H and O–H groups in total. The summed E-state index contributed by atoms with van der Waals surface area (Å²) in [5, 5.41) is 2.92. The number of rotatable bonds is 6. The molecule has 0 spiro atoms. The van der Waals surface area contributed by atoms with Crippen LogP contribution >= 0.6 is 0 Å². The second-order valence-corrected chi connectivity index (χ2v) is 7.88. The number of anilines is 1. The Kier molecular flexibility index (Phi) is 7.25. The Morgan fingerprint density at radius 3 is 2.42 bits per heavy atom. The number of halogens is 6. The summed E-state index contributed by atoms with van der Waals surface area (Å²) in [7, 11) is 1.44. The Bertz CT molecular complexity index is 988. The van der Waals surface area contributed by atoms with Crippen LogP contribution in [0, 0.1) is 5.92 Å². The van der Waals surface area contributed by atoms with Gasteiger partial charge in [0.1, 0.15) is 5.75 Å². The van der Waals surface area contributed by atoms with Crippen LogP contribution in [0.15, 0.2) is 24.4 Å². The summed E-state index contributed by atoms with van der Waals surface area (Å²) in [6.45, 7) is 0.992. The number of nitrogens with one attached hydrogen (secondary N) is 1. The maximum absolute atomic E-state index is 13.0. The summed E-state index contributed by atoms with van der Waals surface area (Å²) < 4.78 is 84.6. The van der Waals surface area contributed by atoms with Crippen LogP contribution in [0.4, 0.5) is 32.0 Å². The molecule has 1 atom stereocenters. The van der Waals surface area contributed by atoms with Gasteiger partial charge in [0, 0.05) is 30.7 Å². The second-order valence-electron chi connectivity index (χ2n) is 7.88. The molecule has 1 aromatic heterocycles. The summed E-state index contributed by atoms with van der Waals surface area (Å²) in [5.41, 5.74) is 1.17. The SMILES string of the molecule is COc1cc(N2CCC(C(F)(F)F)CC2)c2ncc(C(=O)N[C@@H](C)COC(F)(F)F)cc2c1. The largest absolute Gasteiger partial charge is 0.522 e. The Morgan fingerprint density at radius 1 is 1.18 bits per heavy atom. The minimum atomic E-state index is -4.80. The van der Waals surface area contributed by atoms with E-state index in [4.69, 9.17) is 4.74 Å². The number of piperidine rings is 1. The summed E-state index contributed by atoms with van der Waals surface area (Å²) >= 11 is 0. The topological polar surface area (TPSA) is 63.7 Å². The molecule has 2 aromatic rings. The third-order valence-corrected chi connectivity index (χ3v) is 5.41. The Labute approximate surface area is 185 Å². The standard InChI is InChI=1S/C21H23F6N3O3/c1-12(11-33-21(25,26)27)29-19(31)14-7-13-8-16(32-2)9-17(18(13)28-10-14)30-5-3-15(4-6-30)20(22,23)24/h7-10,12,15H,3-6,11H2,1-2H3,(H,29,31)/t12-/m0/s1. The van der Waals surface area contributed by atoms with Crippen LogP contribution < -0.4 is 15.0 Å². The summed E-state index contributed by atoms with van der Waals surface area (Å²) in [5.74, 6) is -1.56. The first kappa shape index (κ1) is 24.9. The van der Waals surface area contributed by atoms with Crippen molar-refractivity contribution in [1.82, 2.24) is 10.3 Å². The monoisotopic (exact) mass is 479 g/mol. The molecule has 0 bridgehead atoms. The lowest BCUT2D eigenvalue weighted by atomic mass is 9.95. The third kappa shape index (κ3) is 6.40. The number of hydrogen-bond acceptors (Lipinski definition) is 5. The maximum Gasteiger partial charge on any atom is 0.522 e. The van der Waals surface area contributed by atoms with Crippen molar-refractivity contribution in [2.24, 2.45) is 5.92 Å². The van der Waals surface area contributed by atoms with E-state index in [1.54, 1.807) is 17.0 Å². The number of pyridine rings is 1. The summed E-state index contributed by atoms with van der Waals surface area (Å²) in [6, 6.07) is 3.90. The molecule has 12 heteroatoms. The molecule has 0 saturated carbocycles. The number of fused-ring (bicyclic) bond motifs is 1. The molecule has 3 rings (SSSR count). The summed E-state index contributed by atoms with van der Waals surface area (Å²) in [4.78, 5) is 18.6. The zero-order valence-corrected chi connectivity index (χ0v) is 17.9. The van der Waals surface area contributed by atoms with Gasteiger partial charge in [-0.05, 0) is 31.9 Å². The smallest absolute Gasteiger partial charge is 0.497 e. The van der Waals surface area contributed by atoms with Crippen LogP contribution in [-0.2, 0) is 4.74 Å². The molecule has 6 nitrogen and oxygen atoms in total. The van der Waals surface area contributed by atoms with Crippen LogP contribution in [0.1, 0.15) is 30.1 Å². The van der Waals surface area contributed by atoms with E-state index in [0.29, 0.717) is 22.3 Å². The minimum Gasteiger partial charge on any atom is -0.497 e. The first-order valence-electron chi connectivity index (χ1n) is 10.2. The molecule has 1 amide bonds. The zero-order chi connectivity index (χ0) is 24.4. The molecule has 1 aliphatic heterocycles. The molecule has 1 aliphatic rings. The molecule has 0 radical (unpaired) electrons. The average Bonchev–Trinajstić information content (AvgIpc) is 2.75. The average molecular weight is 479 g/mol. The van der Waals surface area contributed by atoms with Crippen molar-refractivity contribution in [2.75, 3.05) is 31.7 Å². The number of nitrogens with zero attached hydrogens (tertiary/aromatic N) is 2. The molecule has 182 valence electrons. The highest BCUT2D eigenvalue weighted by Gasteiger charge is 2.41. The van der Waals surface area contributed by atoms with Gasteiger partial charge >= 0.3 is 12.5 Å². The number of amides is 1. The van der Waals surface area contributed by atoms with Gasteiger partial charge in [-0.15, -0.1) is 13.2 Å². The van der Waals surface area contributed by atoms with E-state index in [0.717, 1.165) is 0 Å². The molecule has 0 aliphatic carbocycles. The molecule has 1 fully saturated rings. The molecule has 0 unspecified atom stereocenters. The van der Waals surface area contributed by atoms with E-state index in [2.05, 4.69) is 15.0 Å². The highest BCUT2D eigenvalue weighted by Crippen LogP contribution is 2.38. The number of aromatic nitrogens is 1. The quantitative estimate of drug-likeness (QED) is 0.610. The predicted octanol–water partition coefficient (Wildman–Crippen LogP) is 4.68.